The Morgan fingerprint density at radius 3 is 2.48 bits per heavy atom. The molecule has 0 fully saturated rings. The Bertz CT molecular complexity index is 479. The minimum atomic E-state index is -0.709. The summed E-state index contributed by atoms with van der Waals surface area (Å²) in [5, 5.41) is 0. The fourth-order valence-corrected chi connectivity index (χ4v) is 2.08. The maximum absolute atomic E-state index is 12.3. The maximum atomic E-state index is 12.3. The molecule has 0 saturated heterocycles. The third-order valence-corrected chi connectivity index (χ3v) is 3.42. The largest absolute Gasteiger partial charge is 0.385 e. The average molecular weight is 358 g/mol. The second-order valence-electron chi connectivity index (χ2n) is 4.68. The fraction of sp³-hybridized carbons (Fsp3) is 0.429. The van der Waals surface area contributed by atoms with Crippen LogP contribution in [0, 0.1) is 0 Å². The molecule has 4 N–H and O–H groups in total. The van der Waals surface area contributed by atoms with Crippen LogP contribution >= 0.6 is 15.9 Å². The van der Waals surface area contributed by atoms with E-state index in [9.17, 15) is 9.59 Å². The minimum Gasteiger partial charge on any atom is -0.385 e. The molecule has 7 heteroatoms. The molecule has 1 rings (SSSR count). The quantitative estimate of drug-likeness (QED) is 0.712. The first kappa shape index (κ1) is 17.6. The van der Waals surface area contributed by atoms with Gasteiger partial charge in [0.15, 0.2) is 0 Å². The van der Waals surface area contributed by atoms with Gasteiger partial charge in [0.05, 0.1) is 12.6 Å². The number of hydrogen-bond donors (Lipinski definition) is 2. The van der Waals surface area contributed by atoms with Crippen LogP contribution in [0.5, 0.6) is 0 Å². The van der Waals surface area contributed by atoms with Gasteiger partial charge in [0.2, 0.25) is 11.8 Å². The number of nitrogens with zero attached hydrogens (tertiary/aromatic N) is 1. The number of rotatable bonds is 8. The van der Waals surface area contributed by atoms with E-state index in [1.807, 2.05) is 24.3 Å². The number of amides is 2. The van der Waals surface area contributed by atoms with Crippen molar-refractivity contribution < 1.29 is 14.3 Å². The number of halogens is 1. The van der Waals surface area contributed by atoms with E-state index in [2.05, 4.69) is 15.9 Å². The van der Waals surface area contributed by atoms with Crippen molar-refractivity contribution in [2.24, 2.45) is 11.5 Å². The monoisotopic (exact) mass is 357 g/mol. The van der Waals surface area contributed by atoms with E-state index < -0.39 is 11.9 Å². The summed E-state index contributed by atoms with van der Waals surface area (Å²) in [5.74, 6) is -0.881. The van der Waals surface area contributed by atoms with Crippen molar-refractivity contribution in [3.63, 3.8) is 0 Å². The molecule has 1 aromatic carbocycles. The van der Waals surface area contributed by atoms with E-state index in [1.54, 1.807) is 7.11 Å². The lowest BCUT2D eigenvalue weighted by Gasteiger charge is -2.24. The molecule has 21 heavy (non-hydrogen) atoms. The molecule has 0 aliphatic carbocycles. The number of hydrogen-bond acceptors (Lipinski definition) is 4. The predicted octanol–water partition coefficient (Wildman–Crippen LogP) is 0.627. The number of nitrogens with two attached hydrogens (primary N) is 2. The topological polar surface area (TPSA) is 98.7 Å². The standard InChI is InChI=1S/C14H20BrN3O3/c1-21-7-6-12(16)14(20)18(9-13(17)19)8-10-2-4-11(15)5-3-10/h2-5,12H,6-9,16H2,1H3,(H2,17,19). The summed E-state index contributed by atoms with van der Waals surface area (Å²) in [6.45, 7) is 0.515. The predicted molar refractivity (Wildman–Crippen MR) is 83.2 cm³/mol. The Morgan fingerprint density at radius 2 is 1.95 bits per heavy atom. The van der Waals surface area contributed by atoms with Gasteiger partial charge in [0.1, 0.15) is 0 Å². The Balaban J connectivity index is 2.76. The minimum absolute atomic E-state index is 0.157. The SMILES string of the molecule is COCCC(N)C(=O)N(CC(N)=O)Cc1ccc(Br)cc1. The van der Waals surface area contributed by atoms with Crippen LogP contribution in [-0.4, -0.2) is 43.0 Å². The van der Waals surface area contributed by atoms with Crippen molar-refractivity contribution in [1.82, 2.24) is 4.90 Å². The Kier molecular flexibility index (Phi) is 7.35. The van der Waals surface area contributed by atoms with E-state index >= 15 is 0 Å². The third kappa shape index (κ3) is 6.24. The van der Waals surface area contributed by atoms with Gasteiger partial charge in [-0.2, -0.15) is 0 Å². The summed E-state index contributed by atoms with van der Waals surface area (Å²) in [4.78, 5) is 24.8. The molecule has 0 aromatic heterocycles. The molecule has 6 nitrogen and oxygen atoms in total. The first-order chi connectivity index (χ1) is 9.93. The van der Waals surface area contributed by atoms with Gasteiger partial charge in [0.25, 0.3) is 0 Å². The van der Waals surface area contributed by atoms with Crippen LogP contribution in [0.4, 0.5) is 0 Å². The number of carbonyl (C=O) groups is 2. The maximum Gasteiger partial charge on any atom is 0.240 e. The first-order valence-electron chi connectivity index (χ1n) is 6.50. The van der Waals surface area contributed by atoms with Crippen molar-refractivity contribution in [3.05, 3.63) is 34.3 Å². The molecule has 0 bridgehead atoms. The molecule has 1 atom stereocenters. The lowest BCUT2D eigenvalue weighted by molar-refractivity contribution is -0.137. The lowest BCUT2D eigenvalue weighted by atomic mass is 10.1. The van der Waals surface area contributed by atoms with Crippen LogP contribution in [0.3, 0.4) is 0 Å². The van der Waals surface area contributed by atoms with Gasteiger partial charge in [-0.1, -0.05) is 28.1 Å². The second-order valence-corrected chi connectivity index (χ2v) is 5.59. The zero-order valence-corrected chi connectivity index (χ0v) is 13.5. The lowest BCUT2D eigenvalue weighted by Crippen LogP contribution is -2.47. The van der Waals surface area contributed by atoms with Gasteiger partial charge < -0.3 is 21.1 Å². The van der Waals surface area contributed by atoms with Crippen molar-refractivity contribution in [2.45, 2.75) is 19.0 Å². The van der Waals surface area contributed by atoms with Crippen LogP contribution in [0.2, 0.25) is 0 Å². The first-order valence-corrected chi connectivity index (χ1v) is 7.29. The number of primary amides is 1. The van der Waals surface area contributed by atoms with E-state index in [4.69, 9.17) is 16.2 Å². The highest BCUT2D eigenvalue weighted by Crippen LogP contribution is 2.13. The van der Waals surface area contributed by atoms with Crippen molar-refractivity contribution >= 4 is 27.7 Å². The molecule has 0 saturated carbocycles. The number of benzene rings is 1. The smallest absolute Gasteiger partial charge is 0.240 e. The Labute approximate surface area is 132 Å². The van der Waals surface area contributed by atoms with Crippen molar-refractivity contribution in [1.29, 1.82) is 0 Å². The van der Waals surface area contributed by atoms with Crippen LogP contribution in [0.15, 0.2) is 28.7 Å². The zero-order chi connectivity index (χ0) is 15.8. The number of carbonyl (C=O) groups excluding carboxylic acids is 2. The van der Waals surface area contributed by atoms with Gasteiger partial charge >= 0.3 is 0 Å². The highest BCUT2D eigenvalue weighted by atomic mass is 79.9. The number of ether oxygens (including phenoxy) is 1. The van der Waals surface area contributed by atoms with E-state index in [0.29, 0.717) is 13.0 Å². The molecular weight excluding hydrogens is 338 g/mol. The van der Waals surface area contributed by atoms with E-state index in [0.717, 1.165) is 10.0 Å². The molecule has 1 aromatic rings. The second kappa shape index (κ2) is 8.76. The van der Waals surface area contributed by atoms with Crippen LogP contribution in [0.1, 0.15) is 12.0 Å². The summed E-state index contributed by atoms with van der Waals surface area (Å²) in [6.07, 6.45) is 0.394. The van der Waals surface area contributed by atoms with Gasteiger partial charge in [-0.3, -0.25) is 9.59 Å². The van der Waals surface area contributed by atoms with Gasteiger partial charge in [-0.25, -0.2) is 0 Å². The number of methoxy groups -OCH3 is 1. The molecule has 0 spiro atoms. The third-order valence-electron chi connectivity index (χ3n) is 2.90. The van der Waals surface area contributed by atoms with E-state index in [1.165, 1.54) is 4.90 Å². The summed E-state index contributed by atoms with van der Waals surface area (Å²) < 4.78 is 5.85. The molecule has 0 radical (unpaired) electrons. The zero-order valence-electron chi connectivity index (χ0n) is 11.9. The average Bonchev–Trinajstić information content (AvgIpc) is 2.45. The van der Waals surface area contributed by atoms with Gasteiger partial charge in [-0.15, -0.1) is 0 Å². The van der Waals surface area contributed by atoms with Crippen LogP contribution in [0.25, 0.3) is 0 Å². The summed E-state index contributed by atoms with van der Waals surface area (Å²) in [5.41, 5.74) is 11.9. The Hall–Kier alpha value is -1.44. The molecule has 0 aliphatic heterocycles. The molecule has 0 aliphatic rings. The fourth-order valence-electron chi connectivity index (χ4n) is 1.81. The summed E-state index contributed by atoms with van der Waals surface area (Å²) in [7, 11) is 1.54. The molecule has 0 heterocycles. The highest BCUT2D eigenvalue weighted by molar-refractivity contribution is 9.10. The molecular formula is C14H20BrN3O3. The summed E-state index contributed by atoms with van der Waals surface area (Å²) in [6, 6.07) is 6.76. The van der Waals surface area contributed by atoms with E-state index in [-0.39, 0.29) is 19.0 Å². The summed E-state index contributed by atoms with van der Waals surface area (Å²) >= 11 is 3.34. The molecule has 116 valence electrons. The van der Waals surface area contributed by atoms with Crippen molar-refractivity contribution in [2.75, 3.05) is 20.3 Å². The van der Waals surface area contributed by atoms with Crippen LogP contribution in [-0.2, 0) is 20.9 Å². The Morgan fingerprint density at radius 1 is 1.33 bits per heavy atom. The molecule has 1 unspecified atom stereocenters. The van der Waals surface area contributed by atoms with Gasteiger partial charge in [0, 0.05) is 24.7 Å². The van der Waals surface area contributed by atoms with Crippen molar-refractivity contribution in [3.8, 4) is 0 Å². The van der Waals surface area contributed by atoms with Crippen LogP contribution < -0.4 is 11.5 Å². The highest BCUT2D eigenvalue weighted by Gasteiger charge is 2.22. The normalized spacial score (nSPS) is 12.0. The molecule has 2 amide bonds. The van der Waals surface area contributed by atoms with Gasteiger partial charge in [-0.05, 0) is 24.1 Å².